The van der Waals surface area contributed by atoms with Gasteiger partial charge >= 0.3 is 6.09 Å². The minimum absolute atomic E-state index is 0.0125. The van der Waals surface area contributed by atoms with Crippen LogP contribution in [0.4, 0.5) is 10.6 Å². The molecule has 2 saturated heterocycles. The molecule has 246 valence electrons. The van der Waals surface area contributed by atoms with Crippen molar-refractivity contribution in [3.8, 4) is 17.1 Å². The number of benzene rings is 1. The van der Waals surface area contributed by atoms with Gasteiger partial charge in [0.2, 0.25) is 5.91 Å². The number of piperazine rings is 1. The Hall–Kier alpha value is -3.96. The number of nitrogens with zero attached hydrogens (tertiary/aromatic N) is 6. The number of hydrogen-bond donors (Lipinski definition) is 2. The van der Waals surface area contributed by atoms with Gasteiger partial charge in [0.1, 0.15) is 17.2 Å². The lowest BCUT2D eigenvalue weighted by molar-refractivity contribution is -0.119. The molecule has 0 spiro atoms. The van der Waals surface area contributed by atoms with Crippen LogP contribution in [0.5, 0.6) is 5.75 Å². The Morgan fingerprint density at radius 1 is 1.00 bits per heavy atom. The monoisotopic (exact) mass is 649 g/mol. The van der Waals surface area contributed by atoms with E-state index in [1.54, 1.807) is 24.0 Å². The van der Waals surface area contributed by atoms with E-state index < -0.39 is 5.60 Å². The van der Waals surface area contributed by atoms with Crippen LogP contribution >= 0.6 is 11.6 Å². The molecule has 2 fully saturated rings. The van der Waals surface area contributed by atoms with Crippen molar-refractivity contribution in [1.29, 1.82) is 0 Å². The van der Waals surface area contributed by atoms with Crippen molar-refractivity contribution in [1.82, 2.24) is 30.1 Å². The number of likely N-dealkylation sites (tertiary alicyclic amines) is 1. The number of amides is 2. The van der Waals surface area contributed by atoms with Gasteiger partial charge in [0, 0.05) is 75.1 Å². The van der Waals surface area contributed by atoms with Crippen LogP contribution in [0, 0.1) is 5.92 Å². The van der Waals surface area contributed by atoms with Crippen molar-refractivity contribution in [2.45, 2.75) is 59.1 Å². The molecule has 0 aliphatic carbocycles. The van der Waals surface area contributed by atoms with Crippen LogP contribution in [0.1, 0.15) is 57.5 Å². The van der Waals surface area contributed by atoms with Gasteiger partial charge in [0.15, 0.2) is 5.82 Å². The van der Waals surface area contributed by atoms with E-state index >= 15 is 0 Å². The second-order valence-corrected chi connectivity index (χ2v) is 13.6. The maximum absolute atomic E-state index is 12.4. The molecule has 2 aliphatic heterocycles. The summed E-state index contributed by atoms with van der Waals surface area (Å²) < 4.78 is 5.52. The van der Waals surface area contributed by atoms with E-state index in [0.717, 1.165) is 55.2 Å². The first-order chi connectivity index (χ1) is 21.9. The van der Waals surface area contributed by atoms with Gasteiger partial charge in [0.25, 0.3) is 0 Å². The Balaban J connectivity index is 1.26. The molecule has 0 bridgehead atoms. The molecule has 0 saturated carbocycles. The van der Waals surface area contributed by atoms with Gasteiger partial charge in [-0.1, -0.05) is 17.7 Å². The van der Waals surface area contributed by atoms with Gasteiger partial charge in [-0.25, -0.2) is 19.7 Å². The molecule has 0 unspecified atom stereocenters. The van der Waals surface area contributed by atoms with Gasteiger partial charge < -0.3 is 25.0 Å². The van der Waals surface area contributed by atoms with Crippen LogP contribution in [-0.2, 0) is 22.5 Å². The van der Waals surface area contributed by atoms with E-state index in [1.807, 2.05) is 39.1 Å². The normalized spacial score (nSPS) is 16.4. The number of hydrogen-bond acceptors (Lipinski definition) is 9. The molecule has 11 nitrogen and oxygen atoms in total. The summed E-state index contributed by atoms with van der Waals surface area (Å²) in [7, 11) is 0. The minimum Gasteiger partial charge on any atom is -0.508 e. The van der Waals surface area contributed by atoms with Gasteiger partial charge in [0.05, 0.1) is 5.69 Å². The third-order valence-corrected chi connectivity index (χ3v) is 8.37. The van der Waals surface area contributed by atoms with E-state index in [0.29, 0.717) is 61.5 Å². The molecular weight excluding hydrogens is 606 g/mol. The average molecular weight is 650 g/mol. The average Bonchev–Trinajstić information content (AvgIpc) is 3.00. The van der Waals surface area contributed by atoms with E-state index in [-0.39, 0.29) is 17.7 Å². The summed E-state index contributed by atoms with van der Waals surface area (Å²) in [5.74, 6) is 1.94. The SMILES string of the molecule is CC(=O)NCC1CCN(Cc2cc(Cc3ccc(N4CCN(C(=O)OC(C)(C)C)CC4)nc3)nc(-c3cc(O)cc(Cl)c3)n2)CC1. The number of piperidine rings is 1. The summed E-state index contributed by atoms with van der Waals surface area (Å²) in [6.07, 6.45) is 4.19. The standard InChI is InChI=1S/C34H44ClN7O4/c1-23(43)36-20-24-7-9-40(10-8-24)22-29-19-28(38-32(39-29)26-16-27(35)18-30(44)17-26)15-25-5-6-31(37-21-25)41-11-13-42(14-12-41)33(45)46-34(2,3)4/h5-6,16-19,21,24,44H,7-15,20,22H2,1-4H3,(H,36,43). The summed E-state index contributed by atoms with van der Waals surface area (Å²) in [5.41, 5.74) is 2.90. The Kier molecular flexibility index (Phi) is 10.6. The van der Waals surface area contributed by atoms with Crippen LogP contribution in [0.15, 0.2) is 42.6 Å². The van der Waals surface area contributed by atoms with E-state index in [9.17, 15) is 14.7 Å². The Morgan fingerprint density at radius 2 is 1.72 bits per heavy atom. The molecule has 3 aromatic rings. The quantitative estimate of drug-likeness (QED) is 0.351. The van der Waals surface area contributed by atoms with Crippen molar-refractivity contribution in [3.05, 3.63) is 64.6 Å². The maximum atomic E-state index is 12.4. The number of anilines is 1. The first-order valence-electron chi connectivity index (χ1n) is 15.9. The zero-order valence-corrected chi connectivity index (χ0v) is 27.9. The number of phenols is 1. The highest BCUT2D eigenvalue weighted by atomic mass is 35.5. The number of rotatable bonds is 8. The smallest absolute Gasteiger partial charge is 0.410 e. The number of nitrogens with one attached hydrogen (secondary N) is 1. The molecule has 5 rings (SSSR count). The predicted molar refractivity (Wildman–Crippen MR) is 178 cm³/mol. The highest BCUT2D eigenvalue weighted by Gasteiger charge is 2.26. The van der Waals surface area contributed by atoms with Gasteiger partial charge in [-0.15, -0.1) is 0 Å². The fraction of sp³-hybridized carbons (Fsp3) is 0.500. The molecule has 2 N–H and O–H groups in total. The molecule has 0 atom stereocenters. The second-order valence-electron chi connectivity index (χ2n) is 13.2. The third kappa shape index (κ3) is 9.53. The molecular formula is C34H44ClN7O4. The first kappa shape index (κ1) is 33.4. The summed E-state index contributed by atoms with van der Waals surface area (Å²) in [5, 5.41) is 13.6. The lowest BCUT2D eigenvalue weighted by Crippen LogP contribution is -2.50. The van der Waals surface area contributed by atoms with Crippen LogP contribution in [0.25, 0.3) is 11.4 Å². The molecule has 2 aliphatic rings. The Labute approximate surface area is 275 Å². The van der Waals surface area contributed by atoms with Gasteiger partial charge in [-0.05, 0) is 88.5 Å². The second kappa shape index (κ2) is 14.6. The van der Waals surface area contributed by atoms with Crippen LogP contribution < -0.4 is 10.2 Å². The highest BCUT2D eigenvalue weighted by Crippen LogP contribution is 2.27. The molecule has 2 amide bonds. The number of halogens is 1. The fourth-order valence-electron chi connectivity index (χ4n) is 5.79. The summed E-state index contributed by atoms with van der Waals surface area (Å²) in [6.45, 7) is 12.9. The number of aromatic hydroxyl groups is 1. The molecule has 12 heteroatoms. The number of carbonyl (C=O) groups excluding carboxylic acids is 2. The number of aromatic nitrogens is 3. The topological polar surface area (TPSA) is 124 Å². The van der Waals surface area contributed by atoms with Crippen molar-refractivity contribution in [2.75, 3.05) is 50.7 Å². The molecule has 1 aromatic carbocycles. The summed E-state index contributed by atoms with van der Waals surface area (Å²) in [4.78, 5) is 44.5. The molecule has 4 heterocycles. The lowest BCUT2D eigenvalue weighted by atomic mass is 9.96. The number of ether oxygens (including phenoxy) is 1. The third-order valence-electron chi connectivity index (χ3n) is 8.16. The number of phenolic OH excluding ortho intramolecular Hbond substituents is 1. The van der Waals surface area contributed by atoms with Gasteiger partial charge in [-0.2, -0.15) is 0 Å². The minimum atomic E-state index is -0.515. The van der Waals surface area contributed by atoms with Crippen LogP contribution in [0.2, 0.25) is 5.02 Å². The van der Waals surface area contributed by atoms with Crippen molar-refractivity contribution in [2.24, 2.45) is 5.92 Å². The molecule has 2 aromatic heterocycles. The van der Waals surface area contributed by atoms with E-state index in [4.69, 9.17) is 31.3 Å². The van der Waals surface area contributed by atoms with Crippen molar-refractivity contribution < 1.29 is 19.4 Å². The van der Waals surface area contributed by atoms with Crippen molar-refractivity contribution in [3.63, 3.8) is 0 Å². The van der Waals surface area contributed by atoms with Crippen molar-refractivity contribution >= 4 is 29.4 Å². The van der Waals surface area contributed by atoms with Crippen LogP contribution in [-0.4, -0.2) is 93.3 Å². The maximum Gasteiger partial charge on any atom is 0.410 e. The Bertz CT molecular complexity index is 1490. The van der Waals surface area contributed by atoms with E-state index in [2.05, 4.69) is 21.2 Å². The zero-order chi connectivity index (χ0) is 32.8. The van der Waals surface area contributed by atoms with Crippen LogP contribution in [0.3, 0.4) is 0 Å². The number of pyridine rings is 1. The Morgan fingerprint density at radius 3 is 2.35 bits per heavy atom. The molecule has 0 radical (unpaired) electrons. The summed E-state index contributed by atoms with van der Waals surface area (Å²) >= 11 is 6.26. The number of carbonyl (C=O) groups is 2. The largest absolute Gasteiger partial charge is 0.508 e. The first-order valence-corrected chi connectivity index (χ1v) is 16.3. The fourth-order valence-corrected chi connectivity index (χ4v) is 6.02. The van der Waals surface area contributed by atoms with E-state index in [1.165, 1.54) is 6.07 Å². The molecule has 46 heavy (non-hydrogen) atoms. The highest BCUT2D eigenvalue weighted by molar-refractivity contribution is 6.31. The van der Waals surface area contributed by atoms with Gasteiger partial charge in [-0.3, -0.25) is 9.69 Å². The summed E-state index contributed by atoms with van der Waals surface area (Å²) in [6, 6.07) is 11.0. The predicted octanol–water partition coefficient (Wildman–Crippen LogP) is 4.89. The lowest BCUT2D eigenvalue weighted by Gasteiger charge is -2.36. The zero-order valence-electron chi connectivity index (χ0n) is 27.1.